The van der Waals surface area contributed by atoms with Crippen LogP contribution in [0, 0.1) is 10.1 Å². The van der Waals surface area contributed by atoms with Crippen LogP contribution in [-0.4, -0.2) is 23.5 Å². The summed E-state index contributed by atoms with van der Waals surface area (Å²) in [7, 11) is 0. The van der Waals surface area contributed by atoms with Crippen LogP contribution in [0.25, 0.3) is 0 Å². The van der Waals surface area contributed by atoms with Crippen molar-refractivity contribution < 1.29 is 14.5 Å². The second kappa shape index (κ2) is 6.56. The molecule has 0 aromatic heterocycles. The van der Waals surface area contributed by atoms with E-state index < -0.39 is 4.92 Å². The summed E-state index contributed by atoms with van der Waals surface area (Å²) >= 11 is 5.87. The van der Waals surface area contributed by atoms with Crippen LogP contribution in [0.1, 0.15) is 25.7 Å². The van der Waals surface area contributed by atoms with Gasteiger partial charge in [-0.25, -0.2) is 0 Å². The van der Waals surface area contributed by atoms with Crippen molar-refractivity contribution in [3.8, 4) is 5.75 Å². The van der Waals surface area contributed by atoms with E-state index in [1.807, 2.05) is 0 Å². The molecule has 1 saturated carbocycles. The fraction of sp³-hybridized carbons (Fsp3) is 0.462. The van der Waals surface area contributed by atoms with E-state index in [0.717, 1.165) is 25.7 Å². The Hall–Kier alpha value is -1.82. The monoisotopic (exact) mass is 298 g/mol. The highest BCUT2D eigenvalue weighted by Crippen LogP contribution is 2.28. The maximum Gasteiger partial charge on any atom is 0.271 e. The third-order valence-electron chi connectivity index (χ3n) is 3.21. The minimum Gasteiger partial charge on any atom is -0.482 e. The van der Waals surface area contributed by atoms with Crippen molar-refractivity contribution in [1.82, 2.24) is 5.32 Å². The molecule has 1 aromatic carbocycles. The first-order valence-corrected chi connectivity index (χ1v) is 6.80. The van der Waals surface area contributed by atoms with Crippen molar-refractivity contribution in [3.63, 3.8) is 0 Å². The fourth-order valence-electron chi connectivity index (χ4n) is 2.20. The van der Waals surface area contributed by atoms with Crippen molar-refractivity contribution in [3.05, 3.63) is 33.3 Å². The van der Waals surface area contributed by atoms with Crippen molar-refractivity contribution in [1.29, 1.82) is 0 Å². The number of ether oxygens (including phenoxy) is 1. The third kappa shape index (κ3) is 3.84. The molecule has 2 rings (SSSR count). The summed E-state index contributed by atoms with van der Waals surface area (Å²) in [6, 6.07) is 4.11. The predicted molar refractivity (Wildman–Crippen MR) is 74.0 cm³/mol. The molecule has 1 amide bonds. The second-order valence-corrected chi connectivity index (χ2v) is 5.12. The van der Waals surface area contributed by atoms with Gasteiger partial charge in [-0.05, 0) is 18.9 Å². The van der Waals surface area contributed by atoms with E-state index in [1.54, 1.807) is 0 Å². The molecule has 0 saturated heterocycles. The quantitative estimate of drug-likeness (QED) is 0.669. The summed E-state index contributed by atoms with van der Waals surface area (Å²) in [5.41, 5.74) is -0.113. The van der Waals surface area contributed by atoms with Gasteiger partial charge in [0.15, 0.2) is 6.61 Å². The number of benzene rings is 1. The van der Waals surface area contributed by atoms with E-state index in [2.05, 4.69) is 5.32 Å². The summed E-state index contributed by atoms with van der Waals surface area (Å²) in [4.78, 5) is 21.7. The van der Waals surface area contributed by atoms with Gasteiger partial charge in [0.2, 0.25) is 0 Å². The van der Waals surface area contributed by atoms with Gasteiger partial charge in [-0.2, -0.15) is 0 Å². The number of nitrogens with one attached hydrogen (secondary N) is 1. The van der Waals surface area contributed by atoms with Crippen molar-refractivity contribution >= 4 is 23.2 Å². The molecule has 0 atom stereocenters. The Morgan fingerprint density at radius 2 is 2.15 bits per heavy atom. The molecule has 1 aliphatic rings. The predicted octanol–water partition coefficient (Wildman–Crippen LogP) is 2.69. The van der Waals surface area contributed by atoms with Gasteiger partial charge >= 0.3 is 0 Å². The number of carbonyl (C=O) groups is 1. The number of carbonyl (C=O) groups excluding carboxylic acids is 1. The van der Waals surface area contributed by atoms with Crippen molar-refractivity contribution in [2.75, 3.05) is 6.61 Å². The van der Waals surface area contributed by atoms with E-state index in [4.69, 9.17) is 16.3 Å². The lowest BCUT2D eigenvalue weighted by Crippen LogP contribution is -2.36. The molecule has 0 aliphatic heterocycles. The largest absolute Gasteiger partial charge is 0.482 e. The second-order valence-electron chi connectivity index (χ2n) is 4.71. The molecule has 0 radical (unpaired) electrons. The number of rotatable bonds is 5. The van der Waals surface area contributed by atoms with Gasteiger partial charge in [-0.1, -0.05) is 24.4 Å². The van der Waals surface area contributed by atoms with Gasteiger partial charge in [0, 0.05) is 18.2 Å². The molecule has 0 heterocycles. The standard InChI is InChI=1S/C13H15ClN2O4/c14-11-7-10(16(18)19)5-6-12(11)20-8-13(17)15-9-3-1-2-4-9/h5-7,9H,1-4,8H2,(H,15,17). The number of nitro benzene ring substituents is 1. The van der Waals surface area contributed by atoms with Crippen LogP contribution in [0.4, 0.5) is 5.69 Å². The minimum absolute atomic E-state index is 0.113. The molecule has 108 valence electrons. The SMILES string of the molecule is O=C(COc1ccc([N+](=O)[O-])cc1Cl)NC1CCCC1. The Bertz CT molecular complexity index is 515. The van der Waals surface area contributed by atoms with Gasteiger partial charge in [-0.15, -0.1) is 0 Å². The Labute approximate surface area is 121 Å². The van der Waals surface area contributed by atoms with Gasteiger partial charge < -0.3 is 10.1 Å². The van der Waals surface area contributed by atoms with E-state index >= 15 is 0 Å². The first kappa shape index (κ1) is 14.6. The van der Waals surface area contributed by atoms with Crippen LogP contribution < -0.4 is 10.1 Å². The van der Waals surface area contributed by atoms with Gasteiger partial charge in [0.25, 0.3) is 11.6 Å². The highest BCUT2D eigenvalue weighted by molar-refractivity contribution is 6.32. The molecule has 1 fully saturated rings. The van der Waals surface area contributed by atoms with E-state index in [9.17, 15) is 14.9 Å². The number of halogens is 1. The summed E-state index contributed by atoms with van der Waals surface area (Å²) < 4.78 is 5.28. The number of hydrogen-bond acceptors (Lipinski definition) is 4. The molecular weight excluding hydrogens is 284 g/mol. The number of nitro groups is 1. The molecule has 20 heavy (non-hydrogen) atoms. The fourth-order valence-corrected chi connectivity index (χ4v) is 2.43. The molecule has 1 aliphatic carbocycles. The molecule has 0 bridgehead atoms. The Morgan fingerprint density at radius 1 is 1.45 bits per heavy atom. The molecule has 6 nitrogen and oxygen atoms in total. The maximum absolute atomic E-state index is 11.7. The Kier molecular flexibility index (Phi) is 4.79. The highest BCUT2D eigenvalue weighted by Gasteiger charge is 2.17. The van der Waals surface area contributed by atoms with Crippen LogP contribution in [0.5, 0.6) is 5.75 Å². The zero-order valence-electron chi connectivity index (χ0n) is 10.8. The van der Waals surface area contributed by atoms with E-state index in [-0.39, 0.29) is 35.0 Å². The molecular formula is C13H15ClN2O4. The first-order chi connectivity index (χ1) is 9.56. The van der Waals surface area contributed by atoms with E-state index in [1.165, 1.54) is 18.2 Å². The van der Waals surface area contributed by atoms with Crippen LogP contribution in [0.15, 0.2) is 18.2 Å². The van der Waals surface area contributed by atoms with Crippen molar-refractivity contribution in [2.24, 2.45) is 0 Å². The molecule has 0 unspecified atom stereocenters. The van der Waals surface area contributed by atoms with Crippen LogP contribution >= 0.6 is 11.6 Å². The lowest BCUT2D eigenvalue weighted by molar-refractivity contribution is -0.384. The Balaban J connectivity index is 1.86. The molecule has 1 N–H and O–H groups in total. The normalized spacial score (nSPS) is 15.1. The summed E-state index contributed by atoms with van der Waals surface area (Å²) in [6.45, 7) is -0.145. The number of nitrogens with zero attached hydrogens (tertiary/aromatic N) is 1. The number of hydrogen-bond donors (Lipinski definition) is 1. The van der Waals surface area contributed by atoms with Crippen molar-refractivity contribution in [2.45, 2.75) is 31.7 Å². The smallest absolute Gasteiger partial charge is 0.271 e. The van der Waals surface area contributed by atoms with Gasteiger partial charge in [-0.3, -0.25) is 14.9 Å². The molecule has 0 spiro atoms. The lowest BCUT2D eigenvalue weighted by Gasteiger charge is -2.12. The Morgan fingerprint density at radius 3 is 2.75 bits per heavy atom. The zero-order chi connectivity index (χ0) is 14.5. The number of non-ortho nitro benzene ring substituents is 1. The summed E-state index contributed by atoms with van der Waals surface area (Å²) in [5.74, 6) is 0.0603. The average Bonchev–Trinajstić information content (AvgIpc) is 2.90. The highest BCUT2D eigenvalue weighted by atomic mass is 35.5. The van der Waals surface area contributed by atoms with E-state index in [0.29, 0.717) is 0 Å². The number of amides is 1. The minimum atomic E-state index is -0.539. The summed E-state index contributed by atoms with van der Waals surface area (Å²) in [6.07, 6.45) is 4.29. The van der Waals surface area contributed by atoms with Crippen LogP contribution in [-0.2, 0) is 4.79 Å². The average molecular weight is 299 g/mol. The van der Waals surface area contributed by atoms with Crippen LogP contribution in [0.2, 0.25) is 5.02 Å². The third-order valence-corrected chi connectivity index (χ3v) is 3.50. The van der Waals surface area contributed by atoms with Gasteiger partial charge in [0.05, 0.1) is 9.95 Å². The maximum atomic E-state index is 11.7. The molecule has 7 heteroatoms. The van der Waals surface area contributed by atoms with Crippen LogP contribution in [0.3, 0.4) is 0 Å². The topological polar surface area (TPSA) is 81.5 Å². The molecule has 1 aromatic rings. The lowest BCUT2D eigenvalue weighted by atomic mass is 10.2. The first-order valence-electron chi connectivity index (χ1n) is 6.42. The summed E-state index contributed by atoms with van der Waals surface area (Å²) in [5, 5.41) is 13.6. The van der Waals surface area contributed by atoms with Gasteiger partial charge in [0.1, 0.15) is 5.75 Å². The zero-order valence-corrected chi connectivity index (χ0v) is 11.6.